The molecule has 0 aliphatic heterocycles. The van der Waals surface area contributed by atoms with Gasteiger partial charge in [0, 0.05) is 5.69 Å². The van der Waals surface area contributed by atoms with Crippen LogP contribution in [0.15, 0.2) is 59.7 Å². The highest BCUT2D eigenvalue weighted by atomic mass is 16.5. The maximum absolute atomic E-state index is 11.7. The molecule has 6 heteroatoms. The van der Waals surface area contributed by atoms with E-state index in [1.807, 2.05) is 37.3 Å². The van der Waals surface area contributed by atoms with Gasteiger partial charge in [-0.2, -0.15) is 5.10 Å². The zero-order valence-electron chi connectivity index (χ0n) is 13.4. The molecule has 0 atom stereocenters. The Balaban J connectivity index is 1.76. The van der Waals surface area contributed by atoms with Crippen molar-refractivity contribution in [3.8, 4) is 5.75 Å². The van der Waals surface area contributed by atoms with Crippen LogP contribution in [-0.4, -0.2) is 24.6 Å². The SMILES string of the molecule is CCOc1ccc(C=NNC(=O)CC(=O)Nc2ccccc2)cc1. The lowest BCUT2D eigenvalue weighted by Gasteiger charge is -2.04. The van der Waals surface area contributed by atoms with Crippen LogP contribution in [-0.2, 0) is 9.59 Å². The minimum Gasteiger partial charge on any atom is -0.494 e. The van der Waals surface area contributed by atoms with E-state index >= 15 is 0 Å². The van der Waals surface area contributed by atoms with E-state index < -0.39 is 11.8 Å². The third-order valence-corrected chi connectivity index (χ3v) is 2.97. The van der Waals surface area contributed by atoms with Gasteiger partial charge in [-0.15, -0.1) is 0 Å². The van der Waals surface area contributed by atoms with Gasteiger partial charge in [0.15, 0.2) is 0 Å². The standard InChI is InChI=1S/C18H19N3O3/c1-2-24-16-10-8-14(9-11-16)13-19-21-18(23)12-17(22)20-15-6-4-3-5-7-15/h3-11,13H,2,12H2,1H3,(H,20,22)(H,21,23). The molecule has 2 N–H and O–H groups in total. The van der Waals surface area contributed by atoms with Crippen molar-refractivity contribution in [3.63, 3.8) is 0 Å². The molecule has 6 nitrogen and oxygen atoms in total. The van der Waals surface area contributed by atoms with Crippen molar-refractivity contribution in [2.75, 3.05) is 11.9 Å². The minimum atomic E-state index is -0.481. The van der Waals surface area contributed by atoms with Crippen LogP contribution < -0.4 is 15.5 Å². The predicted octanol–water partition coefficient (Wildman–Crippen LogP) is 2.56. The number of hydrogen-bond acceptors (Lipinski definition) is 4. The van der Waals surface area contributed by atoms with Gasteiger partial charge in [-0.3, -0.25) is 9.59 Å². The Morgan fingerprint density at radius 3 is 2.42 bits per heavy atom. The zero-order chi connectivity index (χ0) is 17.2. The van der Waals surface area contributed by atoms with Crippen molar-refractivity contribution in [2.24, 2.45) is 5.10 Å². The normalized spacial score (nSPS) is 10.4. The summed E-state index contributed by atoms with van der Waals surface area (Å²) in [5.74, 6) is -0.100. The van der Waals surface area contributed by atoms with Crippen molar-refractivity contribution in [3.05, 3.63) is 60.2 Å². The molecule has 2 amide bonds. The lowest BCUT2D eigenvalue weighted by Crippen LogP contribution is -2.24. The molecule has 0 saturated carbocycles. The Hall–Kier alpha value is -3.15. The van der Waals surface area contributed by atoms with Crippen molar-refractivity contribution >= 4 is 23.7 Å². The number of amides is 2. The molecule has 0 bridgehead atoms. The smallest absolute Gasteiger partial charge is 0.249 e. The maximum atomic E-state index is 11.7. The van der Waals surface area contributed by atoms with Gasteiger partial charge >= 0.3 is 0 Å². The van der Waals surface area contributed by atoms with E-state index in [9.17, 15) is 9.59 Å². The van der Waals surface area contributed by atoms with Crippen LogP contribution in [0.25, 0.3) is 0 Å². The fourth-order valence-electron chi connectivity index (χ4n) is 1.91. The fourth-order valence-corrected chi connectivity index (χ4v) is 1.91. The molecule has 0 radical (unpaired) electrons. The number of ether oxygens (including phenoxy) is 1. The van der Waals surface area contributed by atoms with Gasteiger partial charge in [0.1, 0.15) is 12.2 Å². The van der Waals surface area contributed by atoms with E-state index in [1.165, 1.54) is 6.21 Å². The second kappa shape index (κ2) is 9.09. The summed E-state index contributed by atoms with van der Waals surface area (Å²) in [6, 6.07) is 16.2. The van der Waals surface area contributed by atoms with E-state index in [0.717, 1.165) is 11.3 Å². The number of carbonyl (C=O) groups excluding carboxylic acids is 2. The Labute approximate surface area is 140 Å². The highest BCUT2D eigenvalue weighted by Crippen LogP contribution is 2.10. The summed E-state index contributed by atoms with van der Waals surface area (Å²) in [6.45, 7) is 2.52. The summed E-state index contributed by atoms with van der Waals surface area (Å²) in [6.07, 6.45) is 1.21. The minimum absolute atomic E-state index is 0.296. The molecule has 124 valence electrons. The quantitative estimate of drug-likeness (QED) is 0.466. The highest BCUT2D eigenvalue weighted by molar-refractivity contribution is 6.03. The van der Waals surface area contributed by atoms with Gasteiger partial charge in [-0.1, -0.05) is 18.2 Å². The van der Waals surface area contributed by atoms with Gasteiger partial charge in [0.25, 0.3) is 0 Å². The van der Waals surface area contributed by atoms with Crippen LogP contribution in [0.4, 0.5) is 5.69 Å². The van der Waals surface area contributed by atoms with Gasteiger partial charge in [0.2, 0.25) is 11.8 Å². The average molecular weight is 325 g/mol. The number of anilines is 1. The van der Waals surface area contributed by atoms with Gasteiger partial charge in [-0.05, 0) is 48.9 Å². The molecule has 2 aromatic rings. The van der Waals surface area contributed by atoms with Crippen LogP contribution in [0.5, 0.6) is 5.75 Å². The van der Waals surface area contributed by atoms with Gasteiger partial charge in [-0.25, -0.2) is 5.43 Å². The van der Waals surface area contributed by atoms with Crippen LogP contribution >= 0.6 is 0 Å². The largest absolute Gasteiger partial charge is 0.494 e. The number of hydrazone groups is 1. The van der Waals surface area contributed by atoms with E-state index in [0.29, 0.717) is 12.3 Å². The molecule has 0 aliphatic carbocycles. The Morgan fingerprint density at radius 1 is 1.04 bits per heavy atom. The molecule has 0 aliphatic rings. The van der Waals surface area contributed by atoms with Crippen LogP contribution in [0.1, 0.15) is 18.9 Å². The second-order valence-electron chi connectivity index (χ2n) is 4.89. The number of benzene rings is 2. The first-order valence-corrected chi connectivity index (χ1v) is 7.57. The second-order valence-corrected chi connectivity index (χ2v) is 4.89. The Kier molecular flexibility index (Phi) is 6.52. The first kappa shape index (κ1) is 17.2. The first-order chi connectivity index (χ1) is 11.7. The molecule has 0 aromatic heterocycles. The van der Waals surface area contributed by atoms with Crippen LogP contribution in [0.3, 0.4) is 0 Å². The number of nitrogens with zero attached hydrogens (tertiary/aromatic N) is 1. The van der Waals surface area contributed by atoms with E-state index in [1.54, 1.807) is 24.3 Å². The molecule has 0 spiro atoms. The predicted molar refractivity (Wildman–Crippen MR) is 93.0 cm³/mol. The molecule has 2 aromatic carbocycles. The summed E-state index contributed by atoms with van der Waals surface area (Å²) in [5.41, 5.74) is 3.78. The summed E-state index contributed by atoms with van der Waals surface area (Å²) in [7, 11) is 0. The van der Waals surface area contributed by atoms with Crippen LogP contribution in [0.2, 0.25) is 0 Å². The molecule has 24 heavy (non-hydrogen) atoms. The summed E-state index contributed by atoms with van der Waals surface area (Å²) >= 11 is 0. The summed E-state index contributed by atoms with van der Waals surface area (Å²) in [4.78, 5) is 23.4. The van der Waals surface area contributed by atoms with Crippen molar-refractivity contribution in [2.45, 2.75) is 13.3 Å². The zero-order valence-corrected chi connectivity index (χ0v) is 13.4. The van der Waals surface area contributed by atoms with Gasteiger partial charge < -0.3 is 10.1 Å². The lowest BCUT2D eigenvalue weighted by atomic mass is 10.2. The Morgan fingerprint density at radius 2 is 1.75 bits per heavy atom. The Bertz CT molecular complexity index is 697. The van der Waals surface area contributed by atoms with E-state index in [2.05, 4.69) is 15.8 Å². The molecule has 0 fully saturated rings. The third kappa shape index (κ3) is 5.92. The number of para-hydroxylation sites is 1. The third-order valence-electron chi connectivity index (χ3n) is 2.97. The monoisotopic (exact) mass is 325 g/mol. The van der Waals surface area contributed by atoms with Crippen molar-refractivity contribution in [1.29, 1.82) is 0 Å². The number of hydrogen-bond donors (Lipinski definition) is 2. The molecule has 0 unspecified atom stereocenters. The summed E-state index contributed by atoms with van der Waals surface area (Å²) in [5, 5.41) is 6.47. The van der Waals surface area contributed by atoms with Crippen molar-refractivity contribution < 1.29 is 14.3 Å². The molecule has 0 saturated heterocycles. The maximum Gasteiger partial charge on any atom is 0.249 e. The van der Waals surface area contributed by atoms with Crippen LogP contribution in [0, 0.1) is 0 Å². The highest BCUT2D eigenvalue weighted by Gasteiger charge is 2.08. The lowest BCUT2D eigenvalue weighted by molar-refractivity contribution is -0.126. The summed E-state index contributed by atoms with van der Waals surface area (Å²) < 4.78 is 5.34. The molecular weight excluding hydrogens is 306 g/mol. The molecule has 0 heterocycles. The van der Waals surface area contributed by atoms with E-state index in [4.69, 9.17) is 4.74 Å². The number of carbonyl (C=O) groups is 2. The topological polar surface area (TPSA) is 79.8 Å². The molecular formula is C18H19N3O3. The van der Waals surface area contributed by atoms with Gasteiger partial charge in [0.05, 0.1) is 12.8 Å². The number of nitrogens with one attached hydrogen (secondary N) is 2. The van der Waals surface area contributed by atoms with Crippen molar-refractivity contribution in [1.82, 2.24) is 5.43 Å². The molecule has 2 rings (SSSR count). The number of rotatable bonds is 7. The fraction of sp³-hybridized carbons (Fsp3) is 0.167. The van der Waals surface area contributed by atoms with E-state index in [-0.39, 0.29) is 6.42 Å². The average Bonchev–Trinajstić information content (AvgIpc) is 2.57. The first-order valence-electron chi connectivity index (χ1n) is 7.57.